The van der Waals surface area contributed by atoms with Gasteiger partial charge in [-0.1, -0.05) is 18.9 Å². The molecule has 5 nitrogen and oxygen atoms in total. The number of fused-ring (bicyclic) bond motifs is 1. The Kier molecular flexibility index (Phi) is 3.41. The van der Waals surface area contributed by atoms with E-state index in [0.717, 1.165) is 36.6 Å². The number of amides is 1. The number of aromatic amines is 1. The summed E-state index contributed by atoms with van der Waals surface area (Å²) in [6, 6.07) is 7.40. The molecule has 0 spiro atoms. The smallest absolute Gasteiger partial charge is 0.305 e. The van der Waals surface area contributed by atoms with Crippen LogP contribution in [-0.2, 0) is 4.79 Å². The minimum absolute atomic E-state index is 0.0104. The molecule has 1 heterocycles. The minimum Gasteiger partial charge on any atom is -0.481 e. The molecule has 2 aromatic rings. The van der Waals surface area contributed by atoms with Crippen molar-refractivity contribution < 1.29 is 14.7 Å². The highest BCUT2D eigenvalue weighted by Crippen LogP contribution is 2.33. The third-order valence-electron chi connectivity index (χ3n) is 4.25. The highest BCUT2D eigenvalue weighted by molar-refractivity contribution is 5.98. The quantitative estimate of drug-likeness (QED) is 0.808. The van der Waals surface area contributed by atoms with Gasteiger partial charge in [-0.15, -0.1) is 0 Å². The van der Waals surface area contributed by atoms with Crippen molar-refractivity contribution in [1.29, 1.82) is 0 Å². The molecule has 3 rings (SSSR count). The fourth-order valence-corrected chi connectivity index (χ4v) is 3.19. The van der Waals surface area contributed by atoms with Crippen LogP contribution in [0.25, 0.3) is 10.9 Å². The number of aliphatic carboxylic acids is 1. The van der Waals surface area contributed by atoms with Crippen molar-refractivity contribution in [3.05, 3.63) is 36.0 Å². The van der Waals surface area contributed by atoms with Gasteiger partial charge in [-0.25, -0.2) is 0 Å². The third-order valence-corrected chi connectivity index (χ3v) is 4.25. The Labute approximate surface area is 122 Å². The second-order valence-corrected chi connectivity index (χ2v) is 5.79. The molecule has 1 aliphatic rings. The summed E-state index contributed by atoms with van der Waals surface area (Å²) in [5.41, 5.74) is 0.871. The number of carboxylic acid groups (broad SMARTS) is 1. The number of nitrogens with one attached hydrogen (secondary N) is 2. The lowest BCUT2D eigenvalue weighted by Gasteiger charge is -2.28. The van der Waals surface area contributed by atoms with E-state index in [9.17, 15) is 9.59 Å². The molecule has 0 saturated heterocycles. The Hall–Kier alpha value is -2.30. The van der Waals surface area contributed by atoms with Gasteiger partial charge in [0.15, 0.2) is 0 Å². The molecule has 1 aliphatic carbocycles. The van der Waals surface area contributed by atoms with E-state index in [4.69, 9.17) is 5.11 Å². The van der Waals surface area contributed by atoms with E-state index >= 15 is 0 Å². The summed E-state index contributed by atoms with van der Waals surface area (Å²) in [7, 11) is 0. The van der Waals surface area contributed by atoms with Crippen molar-refractivity contribution in [2.45, 2.75) is 37.6 Å². The van der Waals surface area contributed by atoms with Crippen LogP contribution in [0.2, 0.25) is 0 Å². The van der Waals surface area contributed by atoms with Crippen LogP contribution < -0.4 is 5.32 Å². The van der Waals surface area contributed by atoms with Crippen LogP contribution in [0.3, 0.4) is 0 Å². The van der Waals surface area contributed by atoms with Crippen molar-refractivity contribution in [2.24, 2.45) is 0 Å². The highest BCUT2D eigenvalue weighted by atomic mass is 16.4. The van der Waals surface area contributed by atoms with Crippen LogP contribution in [0, 0.1) is 0 Å². The molecule has 1 fully saturated rings. The number of H-pyrrole nitrogens is 1. The fraction of sp³-hybridized carbons (Fsp3) is 0.375. The molecule has 3 N–H and O–H groups in total. The summed E-state index contributed by atoms with van der Waals surface area (Å²) < 4.78 is 0. The van der Waals surface area contributed by atoms with Crippen LogP contribution in [-0.4, -0.2) is 27.5 Å². The van der Waals surface area contributed by atoms with Crippen molar-refractivity contribution in [1.82, 2.24) is 10.3 Å². The van der Waals surface area contributed by atoms with Crippen LogP contribution >= 0.6 is 0 Å². The van der Waals surface area contributed by atoms with E-state index in [-0.39, 0.29) is 12.3 Å². The number of carboxylic acids is 1. The largest absolute Gasteiger partial charge is 0.481 e. The molecule has 1 saturated carbocycles. The highest BCUT2D eigenvalue weighted by Gasteiger charge is 2.37. The molecule has 21 heavy (non-hydrogen) atoms. The van der Waals surface area contributed by atoms with E-state index in [2.05, 4.69) is 10.3 Å². The molecule has 110 valence electrons. The first-order valence-corrected chi connectivity index (χ1v) is 7.19. The van der Waals surface area contributed by atoms with E-state index in [1.54, 1.807) is 12.1 Å². The first-order chi connectivity index (χ1) is 10.1. The second-order valence-electron chi connectivity index (χ2n) is 5.79. The monoisotopic (exact) mass is 286 g/mol. The van der Waals surface area contributed by atoms with Gasteiger partial charge in [0.2, 0.25) is 0 Å². The zero-order valence-electron chi connectivity index (χ0n) is 11.7. The number of carbonyl (C=O) groups excluding carboxylic acids is 1. The molecule has 0 unspecified atom stereocenters. The Bertz CT molecular complexity index is 684. The summed E-state index contributed by atoms with van der Waals surface area (Å²) in [6.45, 7) is 0. The van der Waals surface area contributed by atoms with Crippen molar-refractivity contribution >= 4 is 22.8 Å². The maximum Gasteiger partial charge on any atom is 0.305 e. The molecule has 1 amide bonds. The third kappa shape index (κ3) is 2.77. The topological polar surface area (TPSA) is 82.2 Å². The Morgan fingerprint density at radius 3 is 2.71 bits per heavy atom. The summed E-state index contributed by atoms with van der Waals surface area (Å²) in [5, 5.41) is 13.1. The molecule has 0 atom stereocenters. The predicted molar refractivity (Wildman–Crippen MR) is 79.2 cm³/mol. The van der Waals surface area contributed by atoms with Gasteiger partial charge in [-0.2, -0.15) is 0 Å². The maximum absolute atomic E-state index is 12.4. The number of hydrogen-bond donors (Lipinski definition) is 3. The van der Waals surface area contributed by atoms with Crippen LogP contribution in [0.15, 0.2) is 30.5 Å². The second kappa shape index (κ2) is 5.24. The van der Waals surface area contributed by atoms with Gasteiger partial charge in [-0.3, -0.25) is 9.59 Å². The molecule has 5 heteroatoms. The lowest BCUT2D eigenvalue weighted by Crippen LogP contribution is -2.47. The maximum atomic E-state index is 12.4. The average molecular weight is 286 g/mol. The summed E-state index contributed by atoms with van der Waals surface area (Å²) >= 11 is 0. The molecule has 0 bridgehead atoms. The molecular weight excluding hydrogens is 268 g/mol. The molecule has 0 radical (unpaired) electrons. The van der Waals surface area contributed by atoms with Gasteiger partial charge in [0.25, 0.3) is 5.91 Å². The molecular formula is C16H18N2O3. The summed E-state index contributed by atoms with van der Waals surface area (Å²) in [5.74, 6) is -1.06. The zero-order chi connectivity index (χ0) is 14.9. The first kappa shape index (κ1) is 13.7. The molecule has 1 aromatic carbocycles. The normalized spacial score (nSPS) is 17.0. The first-order valence-electron chi connectivity index (χ1n) is 7.19. The van der Waals surface area contributed by atoms with Crippen molar-refractivity contribution in [3.63, 3.8) is 0 Å². The van der Waals surface area contributed by atoms with Crippen LogP contribution in [0.5, 0.6) is 0 Å². The van der Waals surface area contributed by atoms with Crippen LogP contribution in [0.4, 0.5) is 0 Å². The number of hydrogen-bond acceptors (Lipinski definition) is 2. The lowest BCUT2D eigenvalue weighted by molar-refractivity contribution is -0.138. The lowest BCUT2D eigenvalue weighted by atomic mass is 9.92. The zero-order valence-corrected chi connectivity index (χ0v) is 11.7. The Morgan fingerprint density at radius 1 is 1.24 bits per heavy atom. The SMILES string of the molecule is O=C(O)CC1(NC(=O)c2ccc3cc[nH]c3c2)CCCC1. The van der Waals surface area contributed by atoms with E-state index in [0.29, 0.717) is 5.56 Å². The van der Waals surface area contributed by atoms with Gasteiger partial charge in [0.1, 0.15) is 0 Å². The predicted octanol–water partition coefficient (Wildman–Crippen LogP) is 2.69. The van der Waals surface area contributed by atoms with Crippen molar-refractivity contribution in [3.8, 4) is 0 Å². The molecule has 0 aliphatic heterocycles. The number of benzene rings is 1. The van der Waals surface area contributed by atoms with Crippen LogP contribution in [0.1, 0.15) is 42.5 Å². The fourth-order valence-electron chi connectivity index (χ4n) is 3.19. The van der Waals surface area contributed by atoms with Gasteiger partial charge in [-0.05, 0) is 36.4 Å². The Balaban J connectivity index is 1.81. The standard InChI is InChI=1S/C16H18N2O3/c19-14(20)10-16(6-1-2-7-16)18-15(21)12-4-3-11-5-8-17-13(11)9-12/h3-5,8-9,17H,1-2,6-7,10H2,(H,18,21)(H,19,20). The minimum atomic E-state index is -0.864. The average Bonchev–Trinajstić information content (AvgIpc) is 3.06. The van der Waals surface area contributed by atoms with E-state index < -0.39 is 11.5 Å². The van der Waals surface area contributed by atoms with Crippen molar-refractivity contribution in [2.75, 3.05) is 0 Å². The number of rotatable bonds is 4. The Morgan fingerprint density at radius 2 is 2.00 bits per heavy atom. The van der Waals surface area contributed by atoms with Gasteiger partial charge in [0, 0.05) is 17.3 Å². The van der Waals surface area contributed by atoms with E-state index in [1.807, 2.05) is 18.3 Å². The van der Waals surface area contributed by atoms with Gasteiger partial charge >= 0.3 is 5.97 Å². The van der Waals surface area contributed by atoms with Gasteiger partial charge < -0.3 is 15.4 Å². The number of aromatic nitrogens is 1. The van der Waals surface area contributed by atoms with E-state index in [1.165, 1.54) is 0 Å². The summed E-state index contributed by atoms with van der Waals surface area (Å²) in [4.78, 5) is 26.6. The summed E-state index contributed by atoms with van der Waals surface area (Å²) in [6.07, 6.45) is 5.21. The molecule has 1 aromatic heterocycles. The number of carbonyl (C=O) groups is 2. The van der Waals surface area contributed by atoms with Gasteiger partial charge in [0.05, 0.1) is 12.0 Å².